The summed E-state index contributed by atoms with van der Waals surface area (Å²) in [6.07, 6.45) is 2.53. The molecule has 2 aromatic heterocycles. The van der Waals surface area contributed by atoms with Crippen LogP contribution in [-0.2, 0) is 11.3 Å². The van der Waals surface area contributed by atoms with Gasteiger partial charge in [0.2, 0.25) is 5.91 Å². The van der Waals surface area contributed by atoms with Crippen LogP contribution in [0.3, 0.4) is 0 Å². The van der Waals surface area contributed by atoms with Gasteiger partial charge in [-0.15, -0.1) is 0 Å². The number of para-hydroxylation sites is 1. The standard InChI is InChI=1S/C18H17NO3/c1-19(11-13-9-12-5-2-3-6-16(12)22-13)18(20)15-10-14(15)17-7-4-8-21-17/h2-9,14-15H,10-11H2,1H3/t14-,15+/m1/s1. The normalized spacial score (nSPS) is 20.2. The molecule has 112 valence electrons. The first-order valence-electron chi connectivity index (χ1n) is 7.48. The van der Waals surface area contributed by atoms with E-state index in [9.17, 15) is 4.79 Å². The lowest BCUT2D eigenvalue weighted by molar-refractivity contribution is -0.132. The number of rotatable bonds is 4. The summed E-state index contributed by atoms with van der Waals surface area (Å²) < 4.78 is 11.2. The van der Waals surface area contributed by atoms with Crippen molar-refractivity contribution in [2.24, 2.45) is 5.92 Å². The number of hydrogen-bond donors (Lipinski definition) is 0. The van der Waals surface area contributed by atoms with Crippen LogP contribution in [0.25, 0.3) is 11.0 Å². The van der Waals surface area contributed by atoms with Crippen molar-refractivity contribution in [1.82, 2.24) is 4.90 Å². The van der Waals surface area contributed by atoms with Crippen molar-refractivity contribution >= 4 is 16.9 Å². The molecule has 1 amide bonds. The number of carbonyl (C=O) groups excluding carboxylic acids is 1. The summed E-state index contributed by atoms with van der Waals surface area (Å²) in [4.78, 5) is 14.2. The second kappa shape index (κ2) is 5.05. The largest absolute Gasteiger partial charge is 0.469 e. The van der Waals surface area contributed by atoms with Gasteiger partial charge in [-0.3, -0.25) is 4.79 Å². The molecule has 0 aliphatic heterocycles. The van der Waals surface area contributed by atoms with Crippen LogP contribution in [0.2, 0.25) is 0 Å². The van der Waals surface area contributed by atoms with E-state index in [4.69, 9.17) is 8.83 Å². The van der Waals surface area contributed by atoms with Crippen LogP contribution in [0.5, 0.6) is 0 Å². The zero-order chi connectivity index (χ0) is 15.1. The molecule has 0 unspecified atom stereocenters. The topological polar surface area (TPSA) is 46.6 Å². The van der Waals surface area contributed by atoms with E-state index in [-0.39, 0.29) is 17.7 Å². The minimum Gasteiger partial charge on any atom is -0.469 e. The number of hydrogen-bond acceptors (Lipinski definition) is 3. The summed E-state index contributed by atoms with van der Waals surface area (Å²) in [5, 5.41) is 1.07. The molecule has 1 aromatic carbocycles. The van der Waals surface area contributed by atoms with Crippen LogP contribution in [0, 0.1) is 5.92 Å². The molecule has 1 aliphatic rings. The van der Waals surface area contributed by atoms with E-state index in [2.05, 4.69) is 0 Å². The van der Waals surface area contributed by atoms with E-state index in [0.717, 1.165) is 28.9 Å². The van der Waals surface area contributed by atoms with Crippen LogP contribution in [0.15, 0.2) is 57.6 Å². The highest BCUT2D eigenvalue weighted by Gasteiger charge is 2.47. The van der Waals surface area contributed by atoms with Gasteiger partial charge in [-0.25, -0.2) is 0 Å². The van der Waals surface area contributed by atoms with Crippen molar-refractivity contribution in [3.63, 3.8) is 0 Å². The average molecular weight is 295 g/mol. The van der Waals surface area contributed by atoms with Gasteiger partial charge in [0.1, 0.15) is 17.1 Å². The lowest BCUT2D eigenvalue weighted by Crippen LogP contribution is -2.27. The summed E-state index contributed by atoms with van der Waals surface area (Å²) in [7, 11) is 1.83. The number of carbonyl (C=O) groups is 1. The summed E-state index contributed by atoms with van der Waals surface area (Å²) in [5.41, 5.74) is 0.859. The molecule has 0 bridgehead atoms. The van der Waals surface area contributed by atoms with Crippen molar-refractivity contribution in [3.05, 3.63) is 60.2 Å². The summed E-state index contributed by atoms with van der Waals surface area (Å²) >= 11 is 0. The van der Waals surface area contributed by atoms with Crippen molar-refractivity contribution < 1.29 is 13.6 Å². The lowest BCUT2D eigenvalue weighted by atomic mass is 10.2. The van der Waals surface area contributed by atoms with Gasteiger partial charge in [0.05, 0.1) is 12.8 Å². The molecule has 0 N–H and O–H groups in total. The molecule has 1 aliphatic carbocycles. The molecule has 1 saturated carbocycles. The molecular weight excluding hydrogens is 278 g/mol. The third-order valence-electron chi connectivity index (χ3n) is 4.26. The fraction of sp³-hybridized carbons (Fsp3) is 0.278. The molecule has 22 heavy (non-hydrogen) atoms. The first-order chi connectivity index (χ1) is 10.7. The average Bonchev–Trinajstić information content (AvgIpc) is 2.96. The Morgan fingerprint density at radius 1 is 1.27 bits per heavy atom. The number of amides is 1. The zero-order valence-electron chi connectivity index (χ0n) is 12.4. The first-order valence-corrected chi connectivity index (χ1v) is 7.48. The van der Waals surface area contributed by atoms with Gasteiger partial charge in [0.25, 0.3) is 0 Å². The molecule has 4 heteroatoms. The smallest absolute Gasteiger partial charge is 0.226 e. The maximum Gasteiger partial charge on any atom is 0.226 e. The maximum absolute atomic E-state index is 12.5. The fourth-order valence-corrected chi connectivity index (χ4v) is 2.99. The second-order valence-corrected chi connectivity index (χ2v) is 5.91. The van der Waals surface area contributed by atoms with E-state index in [0.29, 0.717) is 6.54 Å². The monoisotopic (exact) mass is 295 g/mol. The molecule has 4 rings (SSSR count). The SMILES string of the molecule is CN(Cc1cc2ccccc2o1)C(=O)[C@H]1C[C@H]1c1ccco1. The van der Waals surface area contributed by atoms with Crippen LogP contribution < -0.4 is 0 Å². The van der Waals surface area contributed by atoms with Crippen molar-refractivity contribution in [2.75, 3.05) is 7.05 Å². The third-order valence-corrected chi connectivity index (χ3v) is 4.26. The molecular formula is C18H17NO3. The highest BCUT2D eigenvalue weighted by Crippen LogP contribution is 2.48. The Kier molecular flexibility index (Phi) is 3.03. The fourth-order valence-electron chi connectivity index (χ4n) is 2.99. The van der Waals surface area contributed by atoms with E-state index in [1.165, 1.54) is 0 Å². The zero-order valence-corrected chi connectivity index (χ0v) is 12.4. The van der Waals surface area contributed by atoms with Crippen LogP contribution in [0.1, 0.15) is 23.9 Å². The molecule has 3 aromatic rings. The minimum atomic E-state index is 0.0422. The van der Waals surface area contributed by atoms with Gasteiger partial charge >= 0.3 is 0 Å². The highest BCUT2D eigenvalue weighted by atomic mass is 16.3. The minimum absolute atomic E-state index is 0.0422. The maximum atomic E-state index is 12.5. The molecule has 0 saturated heterocycles. The molecule has 4 nitrogen and oxygen atoms in total. The Bertz CT molecular complexity index is 770. The predicted molar refractivity (Wildman–Crippen MR) is 82.2 cm³/mol. The van der Waals surface area contributed by atoms with E-state index in [1.807, 2.05) is 49.5 Å². The third kappa shape index (κ3) is 2.30. The van der Waals surface area contributed by atoms with E-state index < -0.39 is 0 Å². The molecule has 2 atom stereocenters. The van der Waals surface area contributed by atoms with Gasteiger partial charge in [-0.2, -0.15) is 0 Å². The highest BCUT2D eigenvalue weighted by molar-refractivity contribution is 5.83. The second-order valence-electron chi connectivity index (χ2n) is 5.91. The molecule has 0 radical (unpaired) electrons. The quantitative estimate of drug-likeness (QED) is 0.735. The van der Waals surface area contributed by atoms with Gasteiger partial charge in [-0.1, -0.05) is 18.2 Å². The number of nitrogens with zero attached hydrogens (tertiary/aromatic N) is 1. The number of furan rings is 2. The van der Waals surface area contributed by atoms with Gasteiger partial charge in [0.15, 0.2) is 0 Å². The van der Waals surface area contributed by atoms with Crippen molar-refractivity contribution in [3.8, 4) is 0 Å². The number of fused-ring (bicyclic) bond motifs is 1. The van der Waals surface area contributed by atoms with Crippen molar-refractivity contribution in [1.29, 1.82) is 0 Å². The molecule has 2 heterocycles. The first kappa shape index (κ1) is 13.2. The summed E-state index contributed by atoms with van der Waals surface area (Å²) in [6.45, 7) is 0.495. The van der Waals surface area contributed by atoms with Crippen LogP contribution >= 0.6 is 0 Å². The Balaban J connectivity index is 1.44. The van der Waals surface area contributed by atoms with Gasteiger partial charge in [0, 0.05) is 24.3 Å². The van der Waals surface area contributed by atoms with Crippen LogP contribution in [-0.4, -0.2) is 17.9 Å². The summed E-state index contributed by atoms with van der Waals surface area (Å²) in [5.74, 6) is 2.16. The Labute approximate surface area is 128 Å². The Morgan fingerprint density at radius 3 is 2.91 bits per heavy atom. The van der Waals surface area contributed by atoms with Gasteiger partial charge < -0.3 is 13.7 Å². The Morgan fingerprint density at radius 2 is 2.14 bits per heavy atom. The van der Waals surface area contributed by atoms with E-state index >= 15 is 0 Å². The van der Waals surface area contributed by atoms with Crippen LogP contribution in [0.4, 0.5) is 0 Å². The molecule has 0 spiro atoms. The lowest BCUT2D eigenvalue weighted by Gasteiger charge is -2.15. The molecule has 1 fully saturated rings. The van der Waals surface area contributed by atoms with Crippen molar-refractivity contribution in [2.45, 2.75) is 18.9 Å². The van der Waals surface area contributed by atoms with E-state index in [1.54, 1.807) is 11.2 Å². The van der Waals surface area contributed by atoms with Gasteiger partial charge in [-0.05, 0) is 30.7 Å². The Hall–Kier alpha value is -2.49. The summed E-state index contributed by atoms with van der Waals surface area (Å²) in [6, 6.07) is 13.7. The number of benzene rings is 1. The predicted octanol–water partition coefficient (Wildman–Crippen LogP) is 3.79.